The van der Waals surface area contributed by atoms with Crippen molar-refractivity contribution in [1.82, 2.24) is 5.32 Å². The molecule has 0 bridgehead atoms. The number of hydrogen-bond donors (Lipinski definition) is 1. The first kappa shape index (κ1) is 20.3. The number of thioether (sulfide) groups is 1. The van der Waals surface area contributed by atoms with Crippen molar-refractivity contribution in [2.45, 2.75) is 6.18 Å². The fourth-order valence-corrected chi connectivity index (χ4v) is 3.14. The summed E-state index contributed by atoms with van der Waals surface area (Å²) >= 11 is 0.755. The van der Waals surface area contributed by atoms with Crippen molar-refractivity contribution < 1.29 is 32.2 Å². The molecule has 10 heteroatoms. The minimum Gasteiger partial charge on any atom is -0.493 e. The summed E-state index contributed by atoms with van der Waals surface area (Å²) in [5.41, 5.74) is -1.10. The number of nitrogens with zero attached hydrogens (tertiary/aromatic N) is 1. The van der Waals surface area contributed by atoms with Gasteiger partial charge in [-0.25, -0.2) is 4.85 Å². The summed E-state index contributed by atoms with van der Waals surface area (Å²) in [4.78, 5) is 25.9. The second-order valence-electron chi connectivity index (χ2n) is 5.65. The minimum absolute atomic E-state index is 0.120. The normalized spacial score (nSPS) is 15.2. The van der Waals surface area contributed by atoms with Crippen LogP contribution in [0.25, 0.3) is 10.9 Å². The second kappa shape index (κ2) is 7.89. The predicted octanol–water partition coefficient (Wildman–Crippen LogP) is 5.38. The van der Waals surface area contributed by atoms with E-state index < -0.39 is 28.6 Å². The van der Waals surface area contributed by atoms with Crippen LogP contribution in [0, 0.1) is 6.57 Å². The summed E-state index contributed by atoms with van der Waals surface area (Å²) in [7, 11) is 1.35. The number of nitrogens with one attached hydrogen (secondary N) is 1. The highest BCUT2D eigenvalue weighted by molar-refractivity contribution is 8.18. The van der Waals surface area contributed by atoms with Crippen LogP contribution < -0.4 is 14.8 Å². The van der Waals surface area contributed by atoms with Crippen molar-refractivity contribution in [2.24, 2.45) is 0 Å². The number of ether oxygens (including phenoxy) is 2. The second-order valence-corrected chi connectivity index (χ2v) is 6.67. The fourth-order valence-electron chi connectivity index (χ4n) is 2.46. The zero-order chi connectivity index (χ0) is 21.2. The monoisotopic (exact) mass is 420 g/mol. The number of hydrogen-bond acceptors (Lipinski definition) is 5. The number of alkyl halides is 3. The van der Waals surface area contributed by atoms with Crippen molar-refractivity contribution in [3.05, 3.63) is 63.8 Å². The molecule has 1 aliphatic rings. The van der Waals surface area contributed by atoms with Gasteiger partial charge in [0.1, 0.15) is 5.75 Å². The van der Waals surface area contributed by atoms with E-state index in [4.69, 9.17) is 16.0 Å². The van der Waals surface area contributed by atoms with Crippen molar-refractivity contribution in [3.63, 3.8) is 0 Å². The molecule has 1 aliphatic heterocycles. The standard InChI is InChI=1S/C19H11F3N2O4S/c1-23-13-5-4-11(9-12(13)19(20,21)22)28-14-6-3-10(7-15(14)27-2)8-16-17(25)24-18(26)29-16/h3-9H,2H3,(H,24,25,26)/b16-8-. The lowest BCUT2D eigenvalue weighted by molar-refractivity contribution is -0.137. The van der Waals surface area contributed by atoms with E-state index in [9.17, 15) is 22.8 Å². The number of carbonyl (C=O) groups is 2. The van der Waals surface area contributed by atoms with Crippen LogP contribution in [0.1, 0.15) is 11.1 Å². The summed E-state index contributed by atoms with van der Waals surface area (Å²) in [5, 5.41) is 1.66. The lowest BCUT2D eigenvalue weighted by Gasteiger charge is -2.14. The lowest BCUT2D eigenvalue weighted by atomic mass is 10.1. The Bertz CT molecular complexity index is 1070. The quantitative estimate of drug-likeness (QED) is 0.531. The van der Waals surface area contributed by atoms with E-state index in [0.29, 0.717) is 5.56 Å². The summed E-state index contributed by atoms with van der Waals surface area (Å²) in [6, 6.07) is 7.55. The molecule has 6 nitrogen and oxygen atoms in total. The highest BCUT2D eigenvalue weighted by atomic mass is 32.2. The van der Waals surface area contributed by atoms with Crippen LogP contribution in [-0.2, 0) is 11.0 Å². The van der Waals surface area contributed by atoms with Crippen LogP contribution in [0.3, 0.4) is 0 Å². The Labute approximate surface area is 167 Å². The maximum atomic E-state index is 13.1. The van der Waals surface area contributed by atoms with E-state index in [2.05, 4.69) is 10.2 Å². The topological polar surface area (TPSA) is 69.0 Å². The van der Waals surface area contributed by atoms with E-state index in [1.165, 1.54) is 31.4 Å². The summed E-state index contributed by atoms with van der Waals surface area (Å²) in [5.74, 6) is -0.292. The van der Waals surface area contributed by atoms with Crippen LogP contribution in [-0.4, -0.2) is 18.3 Å². The molecule has 2 amide bonds. The Hall–Kier alpha value is -3.45. The molecule has 0 atom stereocenters. The Balaban J connectivity index is 1.91. The van der Waals surface area contributed by atoms with E-state index in [1.807, 2.05) is 0 Å². The van der Waals surface area contributed by atoms with Gasteiger partial charge in [-0.2, -0.15) is 13.2 Å². The van der Waals surface area contributed by atoms with Crippen molar-refractivity contribution in [2.75, 3.05) is 7.11 Å². The molecule has 148 valence electrons. The van der Waals surface area contributed by atoms with Gasteiger partial charge in [-0.05, 0) is 47.7 Å². The molecule has 1 N–H and O–H groups in total. The van der Waals surface area contributed by atoms with Gasteiger partial charge in [0, 0.05) is 0 Å². The van der Waals surface area contributed by atoms with Crippen molar-refractivity contribution >= 4 is 34.7 Å². The molecule has 0 aromatic heterocycles. The van der Waals surface area contributed by atoms with Gasteiger partial charge in [0.15, 0.2) is 17.2 Å². The summed E-state index contributed by atoms with van der Waals surface area (Å²) in [6.45, 7) is 6.87. The van der Waals surface area contributed by atoms with Gasteiger partial charge in [0.05, 0.1) is 24.2 Å². The Morgan fingerprint density at radius 2 is 1.90 bits per heavy atom. The molecule has 0 saturated carbocycles. The lowest BCUT2D eigenvalue weighted by Crippen LogP contribution is -2.17. The molecule has 29 heavy (non-hydrogen) atoms. The molecule has 1 fully saturated rings. The van der Waals surface area contributed by atoms with Crippen LogP contribution >= 0.6 is 11.8 Å². The van der Waals surface area contributed by atoms with Gasteiger partial charge in [0.25, 0.3) is 11.1 Å². The summed E-state index contributed by atoms with van der Waals surface area (Å²) in [6.07, 6.45) is -3.22. The molecule has 2 aromatic carbocycles. The fraction of sp³-hybridized carbons (Fsp3) is 0.105. The first-order valence-electron chi connectivity index (χ1n) is 7.90. The van der Waals surface area contributed by atoms with Gasteiger partial charge >= 0.3 is 6.18 Å². The highest BCUT2D eigenvalue weighted by Gasteiger charge is 2.34. The molecular weight excluding hydrogens is 409 g/mol. The van der Waals surface area contributed by atoms with Crippen molar-refractivity contribution in [3.8, 4) is 17.2 Å². The van der Waals surface area contributed by atoms with Crippen LogP contribution in [0.15, 0.2) is 41.3 Å². The van der Waals surface area contributed by atoms with E-state index in [-0.39, 0.29) is 22.2 Å². The molecule has 3 rings (SSSR count). The molecule has 2 aromatic rings. The maximum absolute atomic E-state index is 13.1. The number of amides is 2. The van der Waals surface area contributed by atoms with Crippen LogP contribution in [0.2, 0.25) is 0 Å². The minimum atomic E-state index is -4.70. The average Bonchev–Trinajstić information content (AvgIpc) is 2.99. The van der Waals surface area contributed by atoms with Gasteiger partial charge in [0.2, 0.25) is 0 Å². The third-order valence-corrected chi connectivity index (χ3v) is 4.56. The molecule has 0 aliphatic carbocycles. The Kier molecular flexibility index (Phi) is 5.52. The van der Waals surface area contributed by atoms with Crippen LogP contribution in [0.4, 0.5) is 23.7 Å². The number of benzene rings is 2. The maximum Gasteiger partial charge on any atom is 0.407 e. The number of methoxy groups -OCH3 is 1. The molecule has 0 unspecified atom stereocenters. The summed E-state index contributed by atoms with van der Waals surface area (Å²) < 4.78 is 50.1. The molecule has 0 radical (unpaired) electrons. The number of halogens is 3. The third-order valence-electron chi connectivity index (χ3n) is 3.75. The van der Waals surface area contributed by atoms with Gasteiger partial charge in [-0.1, -0.05) is 12.1 Å². The van der Waals surface area contributed by atoms with E-state index >= 15 is 0 Å². The SMILES string of the molecule is [C-]#[N+]c1ccc(Oc2ccc(/C=C3\SC(=O)NC3=O)cc2OC)cc1C(F)(F)F. The third kappa shape index (κ3) is 4.52. The first-order chi connectivity index (χ1) is 13.7. The van der Waals surface area contributed by atoms with Gasteiger partial charge in [-0.15, -0.1) is 0 Å². The zero-order valence-electron chi connectivity index (χ0n) is 14.7. The number of rotatable bonds is 4. The Morgan fingerprint density at radius 1 is 1.14 bits per heavy atom. The largest absolute Gasteiger partial charge is 0.493 e. The van der Waals surface area contributed by atoms with E-state index in [1.54, 1.807) is 6.07 Å². The molecular formula is C19H11F3N2O4S. The molecule has 1 saturated heterocycles. The first-order valence-corrected chi connectivity index (χ1v) is 8.72. The zero-order valence-corrected chi connectivity index (χ0v) is 15.5. The number of carbonyl (C=O) groups excluding carboxylic acids is 2. The van der Waals surface area contributed by atoms with Gasteiger partial charge < -0.3 is 9.47 Å². The Morgan fingerprint density at radius 3 is 2.48 bits per heavy atom. The number of imide groups is 1. The van der Waals surface area contributed by atoms with Gasteiger partial charge in [-0.3, -0.25) is 14.9 Å². The molecule has 0 spiro atoms. The average molecular weight is 420 g/mol. The van der Waals surface area contributed by atoms with E-state index in [0.717, 1.165) is 23.9 Å². The van der Waals surface area contributed by atoms with Crippen LogP contribution in [0.5, 0.6) is 17.2 Å². The predicted molar refractivity (Wildman–Crippen MR) is 99.9 cm³/mol. The molecule has 1 heterocycles. The highest BCUT2D eigenvalue weighted by Crippen LogP contribution is 2.41. The smallest absolute Gasteiger partial charge is 0.407 e. The van der Waals surface area contributed by atoms with Crippen molar-refractivity contribution in [1.29, 1.82) is 0 Å².